The van der Waals surface area contributed by atoms with Gasteiger partial charge in [-0.3, -0.25) is 14.0 Å². The van der Waals surface area contributed by atoms with Gasteiger partial charge in [0.25, 0.3) is 11.8 Å². The zero-order valence-corrected chi connectivity index (χ0v) is 21.1. The molecule has 38 heavy (non-hydrogen) atoms. The quantitative estimate of drug-likeness (QED) is 0.331. The van der Waals surface area contributed by atoms with Gasteiger partial charge >= 0.3 is 0 Å². The molecule has 4 aromatic heterocycles. The van der Waals surface area contributed by atoms with E-state index in [2.05, 4.69) is 20.4 Å². The van der Waals surface area contributed by atoms with Crippen LogP contribution in [-0.2, 0) is 0 Å². The molecule has 1 aliphatic heterocycles. The van der Waals surface area contributed by atoms with Crippen molar-refractivity contribution in [2.24, 2.45) is 0 Å². The molecule has 0 radical (unpaired) electrons. The van der Waals surface area contributed by atoms with E-state index in [0.717, 1.165) is 12.8 Å². The number of imidazole rings is 1. The first-order valence-corrected chi connectivity index (χ1v) is 12.7. The average Bonchev–Trinajstić information content (AvgIpc) is 3.65. The molecule has 190 valence electrons. The topological polar surface area (TPSA) is 97.4 Å². The van der Waals surface area contributed by atoms with E-state index < -0.39 is 0 Å². The van der Waals surface area contributed by atoms with E-state index in [9.17, 15) is 9.59 Å². The third kappa shape index (κ3) is 4.76. The Morgan fingerprint density at radius 3 is 2.47 bits per heavy atom. The second kappa shape index (κ2) is 10.1. The minimum absolute atomic E-state index is 0.0755. The average molecular weight is 526 g/mol. The number of nitrogens with one attached hydrogen (secondary N) is 1. The largest absolute Gasteiger partial charge is 0.337 e. The molecule has 1 saturated heterocycles. The van der Waals surface area contributed by atoms with Gasteiger partial charge in [-0.05, 0) is 66.8 Å². The highest BCUT2D eigenvalue weighted by molar-refractivity contribution is 6.29. The highest BCUT2D eigenvalue weighted by Crippen LogP contribution is 2.29. The number of fused-ring (bicyclic) bond motifs is 1. The number of pyridine rings is 2. The van der Waals surface area contributed by atoms with Gasteiger partial charge in [0.1, 0.15) is 16.5 Å². The molecule has 1 fully saturated rings. The maximum absolute atomic E-state index is 13.0. The van der Waals surface area contributed by atoms with Crippen molar-refractivity contribution in [1.29, 1.82) is 0 Å². The van der Waals surface area contributed by atoms with E-state index in [1.165, 1.54) is 11.8 Å². The van der Waals surface area contributed by atoms with Crippen LogP contribution >= 0.6 is 11.6 Å². The van der Waals surface area contributed by atoms with E-state index >= 15 is 0 Å². The van der Waals surface area contributed by atoms with Gasteiger partial charge in [-0.1, -0.05) is 29.8 Å². The van der Waals surface area contributed by atoms with E-state index in [-0.39, 0.29) is 11.8 Å². The third-order valence-electron chi connectivity index (χ3n) is 6.83. The number of hydrogen-bond donors (Lipinski definition) is 1. The number of halogens is 1. The molecular weight excluding hydrogens is 502 g/mol. The zero-order valence-electron chi connectivity index (χ0n) is 20.4. The Morgan fingerprint density at radius 2 is 1.79 bits per heavy atom. The first kappa shape index (κ1) is 23.9. The minimum Gasteiger partial charge on any atom is -0.337 e. The number of nitrogens with zero attached hydrogens (tertiary/aromatic N) is 6. The van der Waals surface area contributed by atoms with Crippen molar-refractivity contribution >= 4 is 34.7 Å². The van der Waals surface area contributed by atoms with E-state index in [1.54, 1.807) is 45.9 Å². The number of piperidine rings is 1. The monoisotopic (exact) mass is 525 g/mol. The van der Waals surface area contributed by atoms with Crippen LogP contribution < -0.4 is 5.32 Å². The molecule has 6 rings (SSSR count). The molecule has 1 aromatic carbocycles. The maximum Gasteiger partial charge on any atom is 0.274 e. The second-order valence-electron chi connectivity index (χ2n) is 9.20. The third-order valence-corrected chi connectivity index (χ3v) is 7.14. The molecule has 10 heteroatoms. The van der Waals surface area contributed by atoms with E-state index in [0.29, 0.717) is 52.6 Å². The first-order valence-electron chi connectivity index (χ1n) is 12.4. The number of anilines is 1. The summed E-state index contributed by atoms with van der Waals surface area (Å²) in [6, 6.07) is 18.6. The van der Waals surface area contributed by atoms with Gasteiger partial charge in [0.15, 0.2) is 5.82 Å². The molecule has 0 unspecified atom stereocenters. The molecule has 5 aromatic rings. The van der Waals surface area contributed by atoms with Crippen LogP contribution in [0.5, 0.6) is 0 Å². The summed E-state index contributed by atoms with van der Waals surface area (Å²) in [7, 11) is 0. The molecule has 0 atom stereocenters. The Balaban J connectivity index is 1.04. The predicted octanol–water partition coefficient (Wildman–Crippen LogP) is 4.84. The van der Waals surface area contributed by atoms with Crippen molar-refractivity contribution in [3.63, 3.8) is 0 Å². The van der Waals surface area contributed by atoms with Gasteiger partial charge in [-0.2, -0.15) is 5.10 Å². The molecule has 1 N–H and O–H groups in total. The molecule has 0 spiro atoms. The highest BCUT2D eigenvalue weighted by atomic mass is 35.5. The Bertz CT molecular complexity index is 1590. The summed E-state index contributed by atoms with van der Waals surface area (Å²) in [5.74, 6) is 0.690. The standard InChI is InChI=1S/C28H24ClN7O2/c29-24-3-1-4-26-33-23(18-35(24)26)28(38)34-15-11-20(12-16-34)19-5-8-22(9-6-19)32-27(37)21-7-10-25(30-17-21)36-14-2-13-31-36/h1-10,13-14,17-18,20H,11-12,15-16H2,(H,32,37). The number of carbonyl (C=O) groups excluding carboxylic acids is 2. The van der Waals surface area contributed by atoms with Crippen molar-refractivity contribution in [3.8, 4) is 5.82 Å². The highest BCUT2D eigenvalue weighted by Gasteiger charge is 2.26. The van der Waals surface area contributed by atoms with Crippen LogP contribution in [-0.4, -0.2) is 54.0 Å². The van der Waals surface area contributed by atoms with Crippen LogP contribution in [0.3, 0.4) is 0 Å². The van der Waals surface area contributed by atoms with Crippen LogP contribution in [0.25, 0.3) is 11.5 Å². The van der Waals surface area contributed by atoms with Crippen molar-refractivity contribution in [2.45, 2.75) is 18.8 Å². The van der Waals surface area contributed by atoms with Gasteiger partial charge in [-0.15, -0.1) is 0 Å². The summed E-state index contributed by atoms with van der Waals surface area (Å²) in [6.07, 6.45) is 8.43. The fraction of sp³-hybridized carbons (Fsp3) is 0.179. The van der Waals surface area contributed by atoms with Crippen LogP contribution in [0.2, 0.25) is 5.15 Å². The lowest BCUT2D eigenvalue weighted by atomic mass is 9.89. The molecule has 0 saturated carbocycles. The van der Waals surface area contributed by atoms with Crippen molar-refractivity contribution in [1.82, 2.24) is 29.0 Å². The Morgan fingerprint density at radius 1 is 0.974 bits per heavy atom. The fourth-order valence-corrected chi connectivity index (χ4v) is 4.97. The first-order chi connectivity index (χ1) is 18.5. The number of benzene rings is 1. The van der Waals surface area contributed by atoms with Crippen LogP contribution in [0, 0.1) is 0 Å². The Hall–Kier alpha value is -4.50. The summed E-state index contributed by atoms with van der Waals surface area (Å²) < 4.78 is 3.35. The number of likely N-dealkylation sites (tertiary alicyclic amines) is 1. The summed E-state index contributed by atoms with van der Waals surface area (Å²) in [5.41, 5.74) is 3.44. The number of hydrogen-bond acceptors (Lipinski definition) is 5. The van der Waals surface area contributed by atoms with Gasteiger partial charge in [0.2, 0.25) is 0 Å². The van der Waals surface area contributed by atoms with Crippen LogP contribution in [0.1, 0.15) is 45.2 Å². The fourth-order valence-electron chi connectivity index (χ4n) is 4.76. The van der Waals surface area contributed by atoms with E-state index in [1.807, 2.05) is 47.4 Å². The van der Waals surface area contributed by atoms with Crippen LogP contribution in [0.4, 0.5) is 5.69 Å². The molecule has 0 bridgehead atoms. The molecule has 0 aliphatic carbocycles. The maximum atomic E-state index is 13.0. The summed E-state index contributed by atoms with van der Waals surface area (Å²) in [6.45, 7) is 1.32. The van der Waals surface area contributed by atoms with Crippen LogP contribution in [0.15, 0.2) is 85.5 Å². The zero-order chi connectivity index (χ0) is 26.1. The molecular formula is C28H24ClN7O2. The number of rotatable bonds is 5. The lowest BCUT2D eigenvalue weighted by Crippen LogP contribution is -2.38. The van der Waals surface area contributed by atoms with Gasteiger partial charge in [-0.25, -0.2) is 14.6 Å². The smallest absolute Gasteiger partial charge is 0.274 e. The Kier molecular flexibility index (Phi) is 6.35. The van der Waals surface area contributed by atoms with Gasteiger partial charge in [0.05, 0.1) is 5.56 Å². The molecule has 2 amide bonds. The molecule has 5 heterocycles. The van der Waals surface area contributed by atoms with Gasteiger partial charge < -0.3 is 10.2 Å². The summed E-state index contributed by atoms with van der Waals surface area (Å²) in [4.78, 5) is 36.3. The van der Waals surface area contributed by atoms with Gasteiger partial charge in [0, 0.05) is 43.6 Å². The van der Waals surface area contributed by atoms with E-state index in [4.69, 9.17) is 11.6 Å². The lowest BCUT2D eigenvalue weighted by Gasteiger charge is -2.32. The number of amides is 2. The number of aromatic nitrogens is 5. The lowest BCUT2D eigenvalue weighted by molar-refractivity contribution is 0.0707. The van der Waals surface area contributed by atoms with Crippen molar-refractivity contribution in [3.05, 3.63) is 107 Å². The van der Waals surface area contributed by atoms with Crippen molar-refractivity contribution in [2.75, 3.05) is 18.4 Å². The SMILES string of the molecule is O=C(Nc1ccc(C2CCN(C(=O)c3cn4c(Cl)cccc4n3)CC2)cc1)c1ccc(-n2cccn2)nc1. The predicted molar refractivity (Wildman–Crippen MR) is 144 cm³/mol. The Labute approximate surface area is 223 Å². The normalized spacial score (nSPS) is 14.1. The molecule has 1 aliphatic rings. The minimum atomic E-state index is -0.225. The summed E-state index contributed by atoms with van der Waals surface area (Å²) in [5, 5.41) is 7.58. The molecule has 9 nitrogen and oxygen atoms in total. The van der Waals surface area contributed by atoms with Crippen molar-refractivity contribution < 1.29 is 9.59 Å². The summed E-state index contributed by atoms with van der Waals surface area (Å²) >= 11 is 6.21. The number of carbonyl (C=O) groups is 2. The second-order valence-corrected chi connectivity index (χ2v) is 9.59.